The van der Waals surface area contributed by atoms with Crippen LogP contribution in [0.5, 0.6) is 0 Å². The number of nitrogens with zero attached hydrogens (tertiary/aromatic N) is 6. The van der Waals surface area contributed by atoms with Gasteiger partial charge in [0.15, 0.2) is 11.5 Å². The molecule has 174 valence electrons. The second kappa shape index (κ2) is 8.83. The van der Waals surface area contributed by atoms with Gasteiger partial charge in [0.25, 0.3) is 0 Å². The number of anilines is 1. The molecule has 3 heterocycles. The molecule has 3 aromatic carbocycles. The Kier molecular flexibility index (Phi) is 5.37. The van der Waals surface area contributed by atoms with E-state index in [9.17, 15) is 0 Å². The van der Waals surface area contributed by atoms with Crippen molar-refractivity contribution in [3.63, 3.8) is 0 Å². The highest BCUT2D eigenvalue weighted by Crippen LogP contribution is 2.23. The van der Waals surface area contributed by atoms with Gasteiger partial charge in [0, 0.05) is 24.9 Å². The number of aryl methyl sites for hydroxylation is 3. The molecule has 0 unspecified atom stereocenters. The summed E-state index contributed by atoms with van der Waals surface area (Å²) in [7, 11) is 0. The fraction of sp³-hybridized carbons (Fsp3) is 0.214. The Labute approximate surface area is 203 Å². The van der Waals surface area contributed by atoms with Crippen molar-refractivity contribution in [3.8, 4) is 0 Å². The van der Waals surface area contributed by atoms with Crippen molar-refractivity contribution in [2.24, 2.45) is 0 Å². The van der Waals surface area contributed by atoms with E-state index < -0.39 is 0 Å². The Hall–Kier alpha value is -4.26. The third-order valence-corrected chi connectivity index (χ3v) is 6.56. The van der Waals surface area contributed by atoms with Crippen LogP contribution in [0.15, 0.2) is 78.9 Å². The summed E-state index contributed by atoms with van der Waals surface area (Å²) >= 11 is 0. The molecule has 1 atom stereocenters. The van der Waals surface area contributed by atoms with Gasteiger partial charge in [0.05, 0.1) is 16.6 Å². The number of hydrogen-bond acceptors (Lipinski definition) is 5. The van der Waals surface area contributed by atoms with E-state index >= 15 is 0 Å². The highest BCUT2D eigenvalue weighted by molar-refractivity contribution is 5.92. The smallest absolute Gasteiger partial charge is 0.226 e. The Morgan fingerprint density at radius 2 is 1.57 bits per heavy atom. The third kappa shape index (κ3) is 3.99. The van der Waals surface area contributed by atoms with Crippen LogP contribution in [-0.4, -0.2) is 35.7 Å². The predicted octanol–water partition coefficient (Wildman–Crippen LogP) is 5.39. The van der Waals surface area contributed by atoms with Crippen LogP contribution in [0, 0.1) is 6.92 Å². The van der Waals surface area contributed by atoms with E-state index in [1.54, 1.807) is 0 Å². The van der Waals surface area contributed by atoms with E-state index in [2.05, 4.69) is 64.3 Å². The molecule has 0 bridgehead atoms. The van der Waals surface area contributed by atoms with Crippen LogP contribution in [-0.2, 0) is 13.0 Å². The number of benzene rings is 3. The number of nitrogens with one attached hydrogen (secondary N) is 1. The fourth-order valence-corrected chi connectivity index (χ4v) is 4.65. The van der Waals surface area contributed by atoms with Gasteiger partial charge in [-0.2, -0.15) is 4.52 Å². The lowest BCUT2D eigenvalue weighted by Gasteiger charge is -2.14. The van der Waals surface area contributed by atoms with E-state index in [0.717, 1.165) is 52.3 Å². The van der Waals surface area contributed by atoms with Crippen LogP contribution in [0.2, 0.25) is 0 Å². The van der Waals surface area contributed by atoms with Crippen molar-refractivity contribution in [2.75, 3.05) is 11.9 Å². The molecule has 6 rings (SSSR count). The molecule has 0 saturated heterocycles. The first-order chi connectivity index (χ1) is 17.2. The molecular weight excluding hydrogens is 434 g/mol. The average Bonchev–Trinajstić information content (AvgIpc) is 3.47. The Morgan fingerprint density at radius 1 is 0.829 bits per heavy atom. The molecule has 6 aromatic rings. The number of fused-ring (bicyclic) bond motifs is 4. The van der Waals surface area contributed by atoms with Gasteiger partial charge in [-0.1, -0.05) is 61.5 Å². The lowest BCUT2D eigenvalue weighted by molar-refractivity contribution is 0.667. The fourth-order valence-electron chi connectivity index (χ4n) is 4.65. The summed E-state index contributed by atoms with van der Waals surface area (Å²) in [4.78, 5) is 14.5. The maximum absolute atomic E-state index is 4.93. The zero-order valence-corrected chi connectivity index (χ0v) is 19.9. The van der Waals surface area contributed by atoms with Crippen molar-refractivity contribution in [1.82, 2.24) is 29.1 Å². The summed E-state index contributed by atoms with van der Waals surface area (Å²) in [6.07, 6.45) is 0.705. The van der Waals surface area contributed by atoms with Gasteiger partial charge in [0.2, 0.25) is 5.95 Å². The molecular formula is C28H27N7. The molecule has 0 amide bonds. The molecule has 0 aliphatic heterocycles. The molecule has 0 spiro atoms. The van der Waals surface area contributed by atoms with Gasteiger partial charge in [-0.3, -0.25) is 0 Å². The molecule has 0 saturated carbocycles. The minimum absolute atomic E-state index is 0.333. The zero-order valence-electron chi connectivity index (χ0n) is 19.9. The standard InChI is InChI=1S/C28H27N7/c1-19(21-10-4-3-5-11-21)18-29-28-31-23-13-7-6-12-22(23)27-32-26(33-35(27)28)16-17-34-20(2)30-24-14-8-9-15-25(24)34/h3-15,19H,16-18H2,1-2H3,(H,29,31)/t19-/m0/s1. The number of para-hydroxylation sites is 3. The Bertz CT molecular complexity index is 1630. The molecule has 0 aliphatic carbocycles. The Balaban J connectivity index is 1.32. The maximum Gasteiger partial charge on any atom is 0.226 e. The summed E-state index contributed by atoms with van der Waals surface area (Å²) in [6, 6.07) is 26.9. The van der Waals surface area contributed by atoms with E-state index in [1.807, 2.05) is 47.8 Å². The molecule has 35 heavy (non-hydrogen) atoms. The topological polar surface area (TPSA) is 72.9 Å². The lowest BCUT2D eigenvalue weighted by atomic mass is 10.0. The maximum atomic E-state index is 4.93. The summed E-state index contributed by atoms with van der Waals surface area (Å²) in [5.41, 5.74) is 5.18. The normalized spacial score (nSPS) is 12.5. The summed E-state index contributed by atoms with van der Waals surface area (Å²) in [5, 5.41) is 9.40. The van der Waals surface area contributed by atoms with Gasteiger partial charge >= 0.3 is 0 Å². The first kappa shape index (κ1) is 21.3. The van der Waals surface area contributed by atoms with E-state index in [0.29, 0.717) is 18.3 Å². The van der Waals surface area contributed by atoms with Crippen LogP contribution in [0.3, 0.4) is 0 Å². The van der Waals surface area contributed by atoms with E-state index in [1.165, 1.54) is 5.56 Å². The quantitative estimate of drug-likeness (QED) is 0.345. The van der Waals surface area contributed by atoms with Gasteiger partial charge in [0.1, 0.15) is 5.82 Å². The van der Waals surface area contributed by atoms with Crippen molar-refractivity contribution < 1.29 is 0 Å². The zero-order chi connectivity index (χ0) is 23.8. The predicted molar refractivity (Wildman–Crippen MR) is 140 cm³/mol. The first-order valence-corrected chi connectivity index (χ1v) is 12.0. The number of hydrogen-bond donors (Lipinski definition) is 1. The van der Waals surface area contributed by atoms with Crippen molar-refractivity contribution >= 4 is 33.5 Å². The summed E-state index contributed by atoms with van der Waals surface area (Å²) < 4.78 is 4.09. The third-order valence-electron chi connectivity index (χ3n) is 6.56. The van der Waals surface area contributed by atoms with Gasteiger partial charge in [-0.05, 0) is 42.7 Å². The van der Waals surface area contributed by atoms with Crippen LogP contribution >= 0.6 is 0 Å². The van der Waals surface area contributed by atoms with Gasteiger partial charge in [-0.25, -0.2) is 15.0 Å². The molecule has 0 radical (unpaired) electrons. The molecule has 0 fully saturated rings. The van der Waals surface area contributed by atoms with Gasteiger partial charge in [-0.15, -0.1) is 5.10 Å². The highest BCUT2D eigenvalue weighted by atomic mass is 15.4. The van der Waals surface area contributed by atoms with Gasteiger partial charge < -0.3 is 9.88 Å². The molecule has 0 aliphatic rings. The Morgan fingerprint density at radius 3 is 2.43 bits per heavy atom. The number of rotatable bonds is 7. The summed E-state index contributed by atoms with van der Waals surface area (Å²) in [6.45, 7) is 5.78. The monoisotopic (exact) mass is 461 g/mol. The van der Waals surface area contributed by atoms with Crippen LogP contribution in [0.1, 0.15) is 30.1 Å². The van der Waals surface area contributed by atoms with Crippen LogP contribution in [0.25, 0.3) is 27.6 Å². The second-order valence-corrected chi connectivity index (χ2v) is 8.96. The largest absolute Gasteiger partial charge is 0.354 e. The van der Waals surface area contributed by atoms with E-state index in [-0.39, 0.29) is 0 Å². The van der Waals surface area contributed by atoms with Crippen molar-refractivity contribution in [1.29, 1.82) is 0 Å². The minimum atomic E-state index is 0.333. The van der Waals surface area contributed by atoms with E-state index in [4.69, 9.17) is 15.1 Å². The molecule has 3 aromatic heterocycles. The number of aromatic nitrogens is 6. The average molecular weight is 462 g/mol. The van der Waals surface area contributed by atoms with Crippen LogP contribution < -0.4 is 5.32 Å². The number of imidazole rings is 1. The molecule has 7 nitrogen and oxygen atoms in total. The minimum Gasteiger partial charge on any atom is -0.354 e. The highest BCUT2D eigenvalue weighted by Gasteiger charge is 2.15. The molecule has 7 heteroatoms. The van der Waals surface area contributed by atoms with Crippen LogP contribution in [0.4, 0.5) is 5.95 Å². The van der Waals surface area contributed by atoms with Crippen molar-refractivity contribution in [3.05, 3.63) is 96.1 Å². The SMILES string of the molecule is Cc1nc2ccccc2n1CCc1nc2c3ccccc3nc(NC[C@H](C)c3ccccc3)n2n1. The first-order valence-electron chi connectivity index (χ1n) is 12.0. The van der Waals surface area contributed by atoms with Crippen molar-refractivity contribution in [2.45, 2.75) is 32.7 Å². The molecule has 1 N–H and O–H groups in total. The second-order valence-electron chi connectivity index (χ2n) is 8.96. The lowest BCUT2D eigenvalue weighted by Crippen LogP contribution is -2.14. The summed E-state index contributed by atoms with van der Waals surface area (Å²) in [5.74, 6) is 2.84.